The highest BCUT2D eigenvalue weighted by Gasteiger charge is 2.29. The Morgan fingerprint density at radius 3 is 2.33 bits per heavy atom. The van der Waals surface area contributed by atoms with Gasteiger partial charge in [0.2, 0.25) is 0 Å². The third kappa shape index (κ3) is 2.42. The largest absolute Gasteiger partial charge is 0.478 e. The first-order valence-corrected chi connectivity index (χ1v) is 6.45. The summed E-state index contributed by atoms with van der Waals surface area (Å²) >= 11 is 4.87. The number of hydrogen-bond donors (Lipinski definition) is 1. The van der Waals surface area contributed by atoms with Gasteiger partial charge in [-0.1, -0.05) is 27.7 Å². The average molecular weight is 291 g/mol. The molecule has 1 heterocycles. The molecular formula is C11H15BrO2S. The zero-order valence-corrected chi connectivity index (χ0v) is 11.8. The summed E-state index contributed by atoms with van der Waals surface area (Å²) in [7, 11) is 0. The van der Waals surface area contributed by atoms with E-state index in [0.717, 1.165) is 20.6 Å². The number of aryl methyl sites for hydroxylation is 1. The topological polar surface area (TPSA) is 37.3 Å². The molecular weight excluding hydrogens is 276 g/mol. The molecule has 1 aromatic rings. The third-order valence-corrected chi connectivity index (χ3v) is 4.23. The molecule has 0 bridgehead atoms. The fourth-order valence-electron chi connectivity index (χ4n) is 1.68. The van der Waals surface area contributed by atoms with E-state index in [-0.39, 0.29) is 5.41 Å². The van der Waals surface area contributed by atoms with Crippen LogP contribution in [-0.4, -0.2) is 11.1 Å². The summed E-state index contributed by atoms with van der Waals surface area (Å²) < 4.78 is 0.733. The Bertz CT molecular complexity index is 388. The van der Waals surface area contributed by atoms with Gasteiger partial charge in [0.15, 0.2) is 0 Å². The summed E-state index contributed by atoms with van der Waals surface area (Å²) in [5, 5.41) is 9.20. The summed E-state index contributed by atoms with van der Waals surface area (Å²) in [5.41, 5.74) is 1.28. The van der Waals surface area contributed by atoms with E-state index in [4.69, 9.17) is 0 Å². The lowest BCUT2D eigenvalue weighted by Gasteiger charge is -2.20. The fourth-order valence-corrected chi connectivity index (χ4v) is 3.80. The van der Waals surface area contributed by atoms with Gasteiger partial charge < -0.3 is 5.11 Å². The van der Waals surface area contributed by atoms with Gasteiger partial charge in [-0.05, 0) is 33.3 Å². The molecule has 0 aliphatic carbocycles. The van der Waals surface area contributed by atoms with E-state index in [1.807, 2.05) is 20.8 Å². The van der Waals surface area contributed by atoms with Crippen molar-refractivity contribution in [1.29, 1.82) is 0 Å². The van der Waals surface area contributed by atoms with Gasteiger partial charge in [0.25, 0.3) is 0 Å². The number of carbonyl (C=O) groups is 1. The second-order valence-corrected chi connectivity index (χ2v) is 6.88. The van der Waals surface area contributed by atoms with Crippen molar-refractivity contribution in [1.82, 2.24) is 0 Å². The second kappa shape index (κ2) is 4.26. The minimum atomic E-state index is -0.845. The molecule has 0 radical (unpaired) electrons. The summed E-state index contributed by atoms with van der Waals surface area (Å²) in [4.78, 5) is 12.4. The van der Waals surface area contributed by atoms with Gasteiger partial charge in [0.05, 0.1) is 9.35 Å². The average Bonchev–Trinajstić information content (AvgIpc) is 2.41. The number of carboxylic acid groups (broad SMARTS) is 1. The van der Waals surface area contributed by atoms with Crippen LogP contribution in [-0.2, 0) is 11.8 Å². The quantitative estimate of drug-likeness (QED) is 0.891. The molecule has 4 heteroatoms. The molecule has 1 aromatic heterocycles. The van der Waals surface area contributed by atoms with Gasteiger partial charge >= 0.3 is 5.97 Å². The Kier molecular flexibility index (Phi) is 3.61. The molecule has 0 aliphatic rings. The first kappa shape index (κ1) is 12.7. The summed E-state index contributed by atoms with van der Waals surface area (Å²) in [5.74, 6) is -0.845. The predicted molar refractivity (Wildman–Crippen MR) is 67.1 cm³/mol. The summed E-state index contributed by atoms with van der Waals surface area (Å²) in [6, 6.07) is 0. The van der Waals surface area contributed by atoms with Crippen LogP contribution in [0.4, 0.5) is 0 Å². The van der Waals surface area contributed by atoms with E-state index in [9.17, 15) is 9.90 Å². The van der Waals surface area contributed by atoms with Crippen molar-refractivity contribution in [2.24, 2.45) is 0 Å². The van der Waals surface area contributed by atoms with E-state index < -0.39 is 5.97 Å². The van der Waals surface area contributed by atoms with Gasteiger partial charge in [0, 0.05) is 4.88 Å². The number of thiophene rings is 1. The molecule has 84 valence electrons. The molecule has 0 saturated heterocycles. The summed E-state index contributed by atoms with van der Waals surface area (Å²) in [6.07, 6.45) is 0.878. The van der Waals surface area contributed by atoms with Crippen LogP contribution < -0.4 is 0 Å². The van der Waals surface area contributed by atoms with Crippen LogP contribution in [0.5, 0.6) is 0 Å². The highest BCUT2D eigenvalue weighted by Crippen LogP contribution is 2.40. The Labute approximate surface area is 102 Å². The molecule has 2 nitrogen and oxygen atoms in total. The van der Waals surface area contributed by atoms with Crippen molar-refractivity contribution >= 4 is 33.2 Å². The smallest absolute Gasteiger partial charge is 0.338 e. The van der Waals surface area contributed by atoms with Crippen molar-refractivity contribution in [3.8, 4) is 0 Å². The van der Waals surface area contributed by atoms with Crippen LogP contribution in [0.3, 0.4) is 0 Å². The lowest BCUT2D eigenvalue weighted by Crippen LogP contribution is -2.17. The van der Waals surface area contributed by atoms with E-state index in [1.165, 1.54) is 11.3 Å². The standard InChI is InChI=1S/C11H15BrO2S/c1-5-6-8(11(2,3)4)7(10(13)14)9(12)15-6/h5H2,1-4H3,(H,13,14). The van der Waals surface area contributed by atoms with Crippen molar-refractivity contribution < 1.29 is 9.90 Å². The lowest BCUT2D eigenvalue weighted by molar-refractivity contribution is 0.0694. The molecule has 1 rings (SSSR count). The Balaban J connectivity index is 3.50. The molecule has 0 spiro atoms. The van der Waals surface area contributed by atoms with E-state index in [2.05, 4.69) is 22.9 Å². The number of halogens is 1. The second-order valence-electron chi connectivity index (χ2n) is 4.46. The number of aromatic carboxylic acids is 1. The number of carboxylic acids is 1. The van der Waals surface area contributed by atoms with Crippen LogP contribution in [0.25, 0.3) is 0 Å². The lowest BCUT2D eigenvalue weighted by atomic mass is 9.84. The van der Waals surface area contributed by atoms with Crippen molar-refractivity contribution in [3.63, 3.8) is 0 Å². The van der Waals surface area contributed by atoms with Crippen LogP contribution >= 0.6 is 27.3 Å². The van der Waals surface area contributed by atoms with Crippen LogP contribution in [0.2, 0.25) is 0 Å². The van der Waals surface area contributed by atoms with Crippen LogP contribution in [0.1, 0.15) is 48.5 Å². The highest BCUT2D eigenvalue weighted by molar-refractivity contribution is 9.11. The highest BCUT2D eigenvalue weighted by atomic mass is 79.9. The minimum absolute atomic E-state index is 0.123. The molecule has 1 N–H and O–H groups in total. The molecule has 0 aromatic carbocycles. The normalized spacial score (nSPS) is 11.8. The van der Waals surface area contributed by atoms with Crippen molar-refractivity contribution in [2.75, 3.05) is 0 Å². The van der Waals surface area contributed by atoms with E-state index in [1.54, 1.807) is 0 Å². The van der Waals surface area contributed by atoms with E-state index >= 15 is 0 Å². The van der Waals surface area contributed by atoms with E-state index in [0.29, 0.717) is 5.56 Å². The van der Waals surface area contributed by atoms with Crippen molar-refractivity contribution in [2.45, 2.75) is 39.5 Å². The van der Waals surface area contributed by atoms with Crippen LogP contribution in [0.15, 0.2) is 3.79 Å². The molecule has 0 atom stereocenters. The maximum absolute atomic E-state index is 11.2. The van der Waals surface area contributed by atoms with Gasteiger partial charge in [-0.3, -0.25) is 0 Å². The zero-order valence-electron chi connectivity index (χ0n) is 9.35. The van der Waals surface area contributed by atoms with Crippen molar-refractivity contribution in [3.05, 3.63) is 19.8 Å². The summed E-state index contributed by atoms with van der Waals surface area (Å²) in [6.45, 7) is 8.20. The molecule has 0 fully saturated rings. The van der Waals surface area contributed by atoms with Gasteiger partial charge in [-0.15, -0.1) is 11.3 Å². The van der Waals surface area contributed by atoms with Crippen LogP contribution in [0, 0.1) is 0 Å². The third-order valence-electron chi connectivity index (χ3n) is 2.22. The first-order chi connectivity index (χ1) is 6.79. The Morgan fingerprint density at radius 1 is 1.47 bits per heavy atom. The minimum Gasteiger partial charge on any atom is -0.478 e. The predicted octanol–water partition coefficient (Wildman–Crippen LogP) is 4.07. The molecule has 0 aliphatic heterocycles. The maximum Gasteiger partial charge on any atom is 0.338 e. The molecule has 15 heavy (non-hydrogen) atoms. The monoisotopic (exact) mass is 290 g/mol. The Hall–Kier alpha value is -0.350. The first-order valence-electron chi connectivity index (χ1n) is 4.84. The van der Waals surface area contributed by atoms with Gasteiger partial charge in [-0.25, -0.2) is 4.79 Å². The molecule has 0 amide bonds. The fraction of sp³-hybridized carbons (Fsp3) is 0.545. The number of hydrogen-bond acceptors (Lipinski definition) is 2. The maximum atomic E-state index is 11.2. The SMILES string of the molecule is CCc1sc(Br)c(C(=O)O)c1C(C)(C)C. The molecule has 0 unspecified atom stereocenters. The van der Waals surface area contributed by atoms with Gasteiger partial charge in [-0.2, -0.15) is 0 Å². The molecule has 0 saturated carbocycles. The number of rotatable bonds is 2. The Morgan fingerprint density at radius 2 is 2.00 bits per heavy atom. The zero-order chi connectivity index (χ0) is 11.8. The van der Waals surface area contributed by atoms with Gasteiger partial charge in [0.1, 0.15) is 0 Å².